The van der Waals surface area contributed by atoms with E-state index in [1.807, 2.05) is 24.3 Å². The number of primary sulfonamides is 1. The number of thioether (sulfide) groups is 1. The van der Waals surface area contributed by atoms with E-state index in [-0.39, 0.29) is 24.0 Å². The topological polar surface area (TPSA) is 157 Å². The molecule has 0 unspecified atom stereocenters. The summed E-state index contributed by atoms with van der Waals surface area (Å²) >= 11 is 10.8. The molecular weight excluding hydrogens is 706 g/mol. The molecule has 1 aliphatic rings. The largest absolute Gasteiger partial charge is 0.483 e. The van der Waals surface area contributed by atoms with Gasteiger partial charge in [0.05, 0.1) is 28.8 Å². The molecule has 2 amide bonds. The van der Waals surface area contributed by atoms with Gasteiger partial charge in [0.1, 0.15) is 11.5 Å². The number of nitrogens with two attached hydrogens (primary N) is 1. The fraction of sp³-hybridized carbons (Fsp3) is 0.0667. The van der Waals surface area contributed by atoms with E-state index in [0.29, 0.717) is 37.9 Å². The summed E-state index contributed by atoms with van der Waals surface area (Å²) < 4.78 is 35.1. The van der Waals surface area contributed by atoms with Crippen LogP contribution in [0, 0.1) is 0 Å². The van der Waals surface area contributed by atoms with Crippen molar-refractivity contribution in [2.45, 2.75) is 11.4 Å². The molecule has 0 saturated carbocycles. The van der Waals surface area contributed by atoms with Crippen molar-refractivity contribution in [3.63, 3.8) is 0 Å². The van der Waals surface area contributed by atoms with Crippen molar-refractivity contribution in [3.8, 4) is 5.75 Å². The third kappa shape index (κ3) is 8.71. The molecule has 0 atom stereocenters. The van der Waals surface area contributed by atoms with Crippen LogP contribution in [0.2, 0.25) is 5.02 Å². The first kappa shape index (κ1) is 32.2. The molecular formula is C30H23BrClN5O6S2. The van der Waals surface area contributed by atoms with Crippen LogP contribution in [0.25, 0.3) is 6.08 Å². The van der Waals surface area contributed by atoms with Crippen LogP contribution in [0.15, 0.2) is 114 Å². The summed E-state index contributed by atoms with van der Waals surface area (Å²) in [6.07, 6.45) is 4.71. The number of halogens is 2. The van der Waals surface area contributed by atoms with E-state index in [4.69, 9.17) is 25.9 Å². The van der Waals surface area contributed by atoms with E-state index < -0.39 is 15.9 Å². The van der Waals surface area contributed by atoms with Gasteiger partial charge in [0, 0.05) is 20.7 Å². The summed E-state index contributed by atoms with van der Waals surface area (Å²) in [6.45, 7) is -0.238. The van der Waals surface area contributed by atoms with E-state index in [2.05, 4.69) is 31.4 Å². The van der Waals surface area contributed by atoms with Crippen LogP contribution < -0.4 is 15.2 Å². The SMILES string of the molecule is NS(=O)(=O)c1ccc(NC(=O)COc2ccc(Cl)cc2/C=C2\S/C(=N\N=C\c3ccc(Br)cc3)N(Cc3ccco3)C2=O)cc1. The van der Waals surface area contributed by atoms with Crippen LogP contribution >= 0.6 is 39.3 Å². The fourth-order valence-electron chi connectivity index (χ4n) is 3.95. The number of nitrogens with one attached hydrogen (secondary N) is 1. The molecule has 1 fully saturated rings. The number of hydrogen-bond donors (Lipinski definition) is 2. The normalized spacial score (nSPS) is 15.4. The van der Waals surface area contributed by atoms with Gasteiger partial charge in [-0.25, -0.2) is 13.6 Å². The van der Waals surface area contributed by atoms with Crippen LogP contribution in [-0.2, 0) is 26.2 Å². The molecule has 3 N–H and O–H groups in total. The van der Waals surface area contributed by atoms with Gasteiger partial charge in [-0.3, -0.25) is 14.5 Å². The summed E-state index contributed by atoms with van der Waals surface area (Å²) in [6, 6.07) is 21.2. The minimum Gasteiger partial charge on any atom is -0.483 e. The highest BCUT2D eigenvalue weighted by Crippen LogP contribution is 2.36. The summed E-state index contributed by atoms with van der Waals surface area (Å²) in [5.41, 5.74) is 1.64. The van der Waals surface area contributed by atoms with Crippen molar-refractivity contribution >= 4 is 84.3 Å². The van der Waals surface area contributed by atoms with Crippen molar-refractivity contribution in [1.82, 2.24) is 4.90 Å². The molecule has 0 spiro atoms. The van der Waals surface area contributed by atoms with E-state index in [0.717, 1.165) is 21.8 Å². The Balaban J connectivity index is 1.34. The molecule has 45 heavy (non-hydrogen) atoms. The number of carbonyl (C=O) groups is 2. The van der Waals surface area contributed by atoms with Gasteiger partial charge in [0.15, 0.2) is 11.8 Å². The Morgan fingerprint density at radius 3 is 2.56 bits per heavy atom. The van der Waals surface area contributed by atoms with Gasteiger partial charge >= 0.3 is 0 Å². The zero-order chi connectivity index (χ0) is 32.0. The second-order valence-electron chi connectivity index (χ2n) is 9.35. The molecule has 1 aliphatic heterocycles. The molecule has 1 aromatic heterocycles. The van der Waals surface area contributed by atoms with Crippen molar-refractivity contribution in [2.75, 3.05) is 11.9 Å². The lowest BCUT2D eigenvalue weighted by atomic mass is 10.2. The van der Waals surface area contributed by atoms with Crippen LogP contribution in [0.4, 0.5) is 5.69 Å². The molecule has 4 aromatic rings. The number of rotatable bonds is 10. The van der Waals surface area contributed by atoms with Gasteiger partial charge in [-0.1, -0.05) is 39.7 Å². The summed E-state index contributed by atoms with van der Waals surface area (Å²) in [7, 11) is -3.86. The number of carbonyl (C=O) groups excluding carboxylic acids is 2. The Kier molecular flexibility index (Phi) is 10.2. The first-order valence-electron chi connectivity index (χ1n) is 13.0. The van der Waals surface area contributed by atoms with Crippen LogP contribution in [-0.4, -0.2) is 43.1 Å². The number of anilines is 1. The lowest BCUT2D eigenvalue weighted by Crippen LogP contribution is -2.28. The third-order valence-corrected chi connectivity index (χ3v) is 8.78. The lowest BCUT2D eigenvalue weighted by Gasteiger charge is -2.13. The highest BCUT2D eigenvalue weighted by molar-refractivity contribution is 9.10. The Hall–Kier alpha value is -4.21. The molecule has 5 rings (SSSR count). The van der Waals surface area contributed by atoms with Crippen LogP contribution in [0.5, 0.6) is 5.75 Å². The predicted octanol–water partition coefficient (Wildman–Crippen LogP) is 5.87. The number of amidine groups is 1. The van der Waals surface area contributed by atoms with Gasteiger partial charge < -0.3 is 14.5 Å². The second-order valence-corrected chi connectivity index (χ2v) is 13.3. The van der Waals surface area contributed by atoms with E-state index in [1.165, 1.54) is 35.4 Å². The monoisotopic (exact) mass is 727 g/mol. The number of benzene rings is 3. The maximum atomic E-state index is 13.5. The van der Waals surface area contributed by atoms with Gasteiger partial charge in [0.25, 0.3) is 11.8 Å². The Morgan fingerprint density at radius 1 is 1.11 bits per heavy atom. The van der Waals surface area contributed by atoms with Crippen molar-refractivity contribution in [1.29, 1.82) is 0 Å². The Morgan fingerprint density at radius 2 is 1.87 bits per heavy atom. The van der Waals surface area contributed by atoms with Crippen LogP contribution in [0.1, 0.15) is 16.9 Å². The minimum absolute atomic E-state index is 0.0813. The molecule has 230 valence electrons. The third-order valence-electron chi connectivity index (χ3n) is 6.09. The number of amides is 2. The zero-order valence-electron chi connectivity index (χ0n) is 23.1. The quantitative estimate of drug-likeness (QED) is 0.118. The minimum atomic E-state index is -3.86. The van der Waals surface area contributed by atoms with Gasteiger partial charge in [-0.2, -0.15) is 5.10 Å². The number of nitrogens with zero attached hydrogens (tertiary/aromatic N) is 3. The molecule has 3 aromatic carbocycles. The van der Waals surface area contributed by atoms with Crippen molar-refractivity contribution in [2.24, 2.45) is 15.3 Å². The fourth-order valence-corrected chi connectivity index (χ4v) is 5.83. The maximum Gasteiger partial charge on any atom is 0.267 e. The van der Waals surface area contributed by atoms with Gasteiger partial charge in [-0.15, -0.1) is 5.10 Å². The standard InChI is InChI=1S/C30H23BrClN5O6S2/c31-21-5-3-19(4-6-21)16-34-36-30-37(17-24-2-1-13-42-24)29(39)27(44-30)15-20-14-22(32)7-12-26(20)43-18-28(38)35-23-8-10-25(11-9-23)45(33,40)41/h1-16H,17-18H2,(H,35,38)(H2,33,40,41)/b27-15-,34-16+,36-30-. The molecule has 0 radical (unpaired) electrons. The smallest absolute Gasteiger partial charge is 0.267 e. The average Bonchev–Trinajstić information content (AvgIpc) is 3.62. The lowest BCUT2D eigenvalue weighted by molar-refractivity contribution is -0.122. The maximum absolute atomic E-state index is 13.5. The van der Waals surface area contributed by atoms with Crippen molar-refractivity contribution < 1.29 is 27.2 Å². The molecule has 11 nitrogen and oxygen atoms in total. The Bertz CT molecular complexity index is 1910. The summed E-state index contributed by atoms with van der Waals surface area (Å²) in [5.74, 6) is 0.0321. The Labute approximate surface area is 276 Å². The molecule has 0 bridgehead atoms. The molecule has 0 aliphatic carbocycles. The highest BCUT2D eigenvalue weighted by atomic mass is 79.9. The first-order chi connectivity index (χ1) is 21.5. The number of furan rings is 1. The number of ether oxygens (including phenoxy) is 1. The zero-order valence-corrected chi connectivity index (χ0v) is 27.1. The molecule has 1 saturated heterocycles. The van der Waals surface area contributed by atoms with E-state index in [9.17, 15) is 18.0 Å². The van der Waals surface area contributed by atoms with Gasteiger partial charge in [-0.05, 0) is 90.1 Å². The second kappa shape index (κ2) is 14.3. The van der Waals surface area contributed by atoms with E-state index in [1.54, 1.807) is 42.6 Å². The number of hydrogen-bond acceptors (Lipinski definition) is 9. The van der Waals surface area contributed by atoms with Gasteiger partial charge in [0.2, 0.25) is 10.0 Å². The number of sulfonamides is 1. The molecule has 2 heterocycles. The van der Waals surface area contributed by atoms with Crippen molar-refractivity contribution in [3.05, 3.63) is 116 Å². The molecule has 15 heteroatoms. The highest BCUT2D eigenvalue weighted by Gasteiger charge is 2.34. The summed E-state index contributed by atoms with van der Waals surface area (Å²) in [4.78, 5) is 27.8. The first-order valence-corrected chi connectivity index (χ1v) is 16.5. The summed E-state index contributed by atoms with van der Waals surface area (Å²) in [5, 5.41) is 17.0. The predicted molar refractivity (Wildman–Crippen MR) is 177 cm³/mol. The average molecular weight is 729 g/mol. The van der Waals surface area contributed by atoms with Crippen LogP contribution in [0.3, 0.4) is 0 Å². The van der Waals surface area contributed by atoms with E-state index >= 15 is 0 Å².